The lowest BCUT2D eigenvalue weighted by atomic mass is 10.1. The molecule has 2 amide bonds. The smallest absolute Gasteiger partial charge is 0.244 e. The third-order valence-corrected chi connectivity index (χ3v) is 7.14. The van der Waals surface area contributed by atoms with Crippen LogP contribution in [0.5, 0.6) is 11.5 Å². The molecule has 0 aliphatic heterocycles. The third-order valence-electron chi connectivity index (χ3n) is 5.43. The van der Waals surface area contributed by atoms with Gasteiger partial charge in [-0.2, -0.15) is 0 Å². The maximum atomic E-state index is 13.7. The first-order chi connectivity index (χ1) is 17.0. The van der Waals surface area contributed by atoms with E-state index in [1.54, 1.807) is 38.1 Å². The summed E-state index contributed by atoms with van der Waals surface area (Å²) in [5, 5.41) is 3.48. The van der Waals surface area contributed by atoms with Crippen molar-refractivity contribution in [1.82, 2.24) is 10.2 Å². The molecule has 0 radical (unpaired) electrons. The minimum absolute atomic E-state index is 0.0304. The van der Waals surface area contributed by atoms with Gasteiger partial charge in [-0.3, -0.25) is 13.9 Å². The molecule has 0 bridgehead atoms. The lowest BCUT2D eigenvalue weighted by molar-refractivity contribution is -0.140. The lowest BCUT2D eigenvalue weighted by Crippen LogP contribution is -2.52. The molecule has 1 atom stereocenters. The molecule has 2 rings (SSSR count). The van der Waals surface area contributed by atoms with Crippen LogP contribution in [0.4, 0.5) is 5.69 Å². The van der Waals surface area contributed by atoms with Gasteiger partial charge in [-0.25, -0.2) is 8.42 Å². The highest BCUT2D eigenvalue weighted by Gasteiger charge is 2.33. The lowest BCUT2D eigenvalue weighted by Gasteiger charge is -2.33. The predicted molar refractivity (Wildman–Crippen MR) is 142 cm³/mol. The van der Waals surface area contributed by atoms with Gasteiger partial charge >= 0.3 is 0 Å². The summed E-state index contributed by atoms with van der Waals surface area (Å²) in [4.78, 5) is 27.9. The van der Waals surface area contributed by atoms with Crippen LogP contribution in [-0.4, -0.2) is 64.7 Å². The zero-order valence-electron chi connectivity index (χ0n) is 20.9. The number of sulfonamides is 1. The number of nitrogens with zero attached hydrogens (tertiary/aromatic N) is 2. The number of rotatable bonds is 12. The molecule has 198 valence electrons. The van der Waals surface area contributed by atoms with E-state index in [4.69, 9.17) is 32.7 Å². The Hall–Kier alpha value is -2.69. The van der Waals surface area contributed by atoms with Crippen molar-refractivity contribution in [3.63, 3.8) is 0 Å². The monoisotopic (exact) mass is 559 g/mol. The standard InChI is InChI=1S/C24H31Cl2N3O6S/c1-6-20(24(31)27-7-2)28(14-16-8-9-17(25)12-19(16)26)23(30)15-29(36(5,32)33)21-13-18(34-3)10-11-22(21)35-4/h8-13,20H,6-7,14-15H2,1-5H3,(H,27,31)/t20-/m0/s1. The van der Waals surface area contributed by atoms with E-state index in [-0.39, 0.29) is 23.9 Å². The average Bonchev–Trinajstić information content (AvgIpc) is 2.82. The number of likely N-dealkylation sites (N-methyl/N-ethyl adjacent to an activating group) is 1. The van der Waals surface area contributed by atoms with E-state index in [1.807, 2.05) is 0 Å². The first-order valence-electron chi connectivity index (χ1n) is 11.2. The molecular formula is C24H31Cl2N3O6S. The number of carbonyl (C=O) groups excluding carboxylic acids is 2. The number of hydrogen-bond donors (Lipinski definition) is 1. The van der Waals surface area contributed by atoms with E-state index < -0.39 is 28.5 Å². The fraction of sp³-hybridized carbons (Fsp3) is 0.417. The predicted octanol–water partition coefficient (Wildman–Crippen LogP) is 3.72. The van der Waals surface area contributed by atoms with Crippen molar-refractivity contribution < 1.29 is 27.5 Å². The topological polar surface area (TPSA) is 105 Å². The van der Waals surface area contributed by atoms with E-state index in [9.17, 15) is 18.0 Å². The number of carbonyl (C=O) groups is 2. The second kappa shape index (κ2) is 13.0. The summed E-state index contributed by atoms with van der Waals surface area (Å²) in [6, 6.07) is 8.59. The maximum Gasteiger partial charge on any atom is 0.244 e. The van der Waals surface area contributed by atoms with E-state index in [0.29, 0.717) is 34.3 Å². The minimum Gasteiger partial charge on any atom is -0.497 e. The minimum atomic E-state index is -3.95. The second-order valence-electron chi connectivity index (χ2n) is 7.88. The number of nitrogens with one attached hydrogen (secondary N) is 1. The highest BCUT2D eigenvalue weighted by atomic mass is 35.5. The molecule has 0 unspecified atom stereocenters. The Morgan fingerprint density at radius 3 is 2.28 bits per heavy atom. The summed E-state index contributed by atoms with van der Waals surface area (Å²) >= 11 is 12.4. The first kappa shape index (κ1) is 29.5. The number of anilines is 1. The Labute approximate surface area is 222 Å². The third kappa shape index (κ3) is 7.41. The molecule has 9 nitrogen and oxygen atoms in total. The molecule has 0 aliphatic carbocycles. The molecule has 0 spiro atoms. The molecule has 12 heteroatoms. The zero-order valence-corrected chi connectivity index (χ0v) is 23.2. The molecule has 1 N–H and O–H groups in total. The van der Waals surface area contributed by atoms with Crippen LogP contribution < -0.4 is 19.1 Å². The Kier molecular flexibility index (Phi) is 10.7. The van der Waals surface area contributed by atoms with Gasteiger partial charge in [0.15, 0.2) is 0 Å². The van der Waals surface area contributed by atoms with Gasteiger partial charge in [0.2, 0.25) is 21.8 Å². The second-order valence-corrected chi connectivity index (χ2v) is 10.6. The van der Waals surface area contributed by atoms with Crippen molar-refractivity contribution in [3.8, 4) is 11.5 Å². The fourth-order valence-corrected chi connectivity index (χ4v) is 4.94. The summed E-state index contributed by atoms with van der Waals surface area (Å²) < 4.78 is 37.2. The quantitative estimate of drug-likeness (QED) is 0.425. The van der Waals surface area contributed by atoms with Crippen molar-refractivity contribution >= 4 is 50.7 Å². The molecule has 2 aromatic carbocycles. The van der Waals surface area contributed by atoms with Gasteiger partial charge in [-0.15, -0.1) is 0 Å². The number of benzene rings is 2. The van der Waals surface area contributed by atoms with Crippen LogP contribution in [-0.2, 0) is 26.2 Å². The number of ether oxygens (including phenoxy) is 2. The molecule has 0 heterocycles. The highest BCUT2D eigenvalue weighted by molar-refractivity contribution is 7.92. The average molecular weight is 561 g/mol. The van der Waals surface area contributed by atoms with Crippen LogP contribution in [0.15, 0.2) is 36.4 Å². The molecule has 0 saturated carbocycles. The van der Waals surface area contributed by atoms with Crippen LogP contribution in [0.25, 0.3) is 0 Å². The number of methoxy groups -OCH3 is 2. The number of amides is 2. The van der Waals surface area contributed by atoms with Gasteiger partial charge in [0.1, 0.15) is 24.1 Å². The summed E-state index contributed by atoms with van der Waals surface area (Å²) in [5.74, 6) is -0.347. The normalized spacial score (nSPS) is 12.0. The summed E-state index contributed by atoms with van der Waals surface area (Å²) in [7, 11) is -1.11. The van der Waals surface area contributed by atoms with Gasteiger partial charge < -0.3 is 19.7 Å². The van der Waals surface area contributed by atoms with Crippen molar-refractivity contribution in [2.75, 3.05) is 37.9 Å². The summed E-state index contributed by atoms with van der Waals surface area (Å²) in [5.41, 5.74) is 0.685. The van der Waals surface area contributed by atoms with Crippen LogP contribution in [0.1, 0.15) is 25.8 Å². The van der Waals surface area contributed by atoms with Gasteiger partial charge in [0.25, 0.3) is 0 Å². The molecule has 2 aromatic rings. The Bertz CT molecular complexity index is 1190. The Morgan fingerprint density at radius 1 is 1.06 bits per heavy atom. The van der Waals surface area contributed by atoms with Crippen LogP contribution in [0.3, 0.4) is 0 Å². The molecule has 0 aromatic heterocycles. The molecule has 0 aliphatic rings. The van der Waals surface area contributed by atoms with Gasteiger partial charge in [0.05, 0.1) is 26.2 Å². The largest absolute Gasteiger partial charge is 0.497 e. The Balaban J connectivity index is 2.55. The molecule has 0 fully saturated rings. The maximum absolute atomic E-state index is 13.7. The zero-order chi connectivity index (χ0) is 27.0. The highest BCUT2D eigenvalue weighted by Crippen LogP contribution is 2.34. The number of halogens is 2. The van der Waals surface area contributed by atoms with E-state index in [1.165, 1.54) is 31.3 Å². The molecule has 0 saturated heterocycles. The summed E-state index contributed by atoms with van der Waals surface area (Å²) in [6.07, 6.45) is 1.28. The van der Waals surface area contributed by atoms with Gasteiger partial charge in [0, 0.05) is 29.2 Å². The molecule has 36 heavy (non-hydrogen) atoms. The van der Waals surface area contributed by atoms with Crippen molar-refractivity contribution in [2.24, 2.45) is 0 Å². The van der Waals surface area contributed by atoms with Crippen LogP contribution in [0, 0.1) is 0 Å². The van der Waals surface area contributed by atoms with Crippen molar-refractivity contribution in [3.05, 3.63) is 52.0 Å². The van der Waals surface area contributed by atoms with Gasteiger partial charge in [-0.05, 0) is 43.2 Å². The first-order valence-corrected chi connectivity index (χ1v) is 13.8. The van der Waals surface area contributed by atoms with E-state index in [0.717, 1.165) is 10.6 Å². The van der Waals surface area contributed by atoms with Crippen LogP contribution >= 0.6 is 23.2 Å². The van der Waals surface area contributed by atoms with Crippen molar-refractivity contribution in [2.45, 2.75) is 32.9 Å². The van der Waals surface area contributed by atoms with E-state index >= 15 is 0 Å². The summed E-state index contributed by atoms with van der Waals surface area (Å²) in [6.45, 7) is 3.30. The van der Waals surface area contributed by atoms with Crippen LogP contribution in [0.2, 0.25) is 10.0 Å². The SMILES string of the molecule is CCNC(=O)[C@H](CC)N(Cc1ccc(Cl)cc1Cl)C(=O)CN(c1cc(OC)ccc1OC)S(C)(=O)=O. The number of hydrogen-bond acceptors (Lipinski definition) is 6. The van der Waals surface area contributed by atoms with E-state index in [2.05, 4.69) is 5.32 Å². The van der Waals surface area contributed by atoms with Gasteiger partial charge in [-0.1, -0.05) is 36.2 Å². The Morgan fingerprint density at radius 2 is 1.75 bits per heavy atom. The molecular weight excluding hydrogens is 529 g/mol. The fourth-order valence-electron chi connectivity index (χ4n) is 3.63. The van der Waals surface area contributed by atoms with Crippen molar-refractivity contribution in [1.29, 1.82) is 0 Å².